The third-order valence-electron chi connectivity index (χ3n) is 1.93. The Labute approximate surface area is 80.9 Å². The highest BCUT2D eigenvalue weighted by Crippen LogP contribution is 2.24. The Morgan fingerprint density at radius 1 is 1.15 bits per heavy atom. The van der Waals surface area contributed by atoms with Gasteiger partial charge in [0.15, 0.2) is 0 Å². The van der Waals surface area contributed by atoms with E-state index in [4.69, 9.17) is 11.6 Å². The first-order valence-electron chi connectivity index (χ1n) is 3.88. The van der Waals surface area contributed by atoms with E-state index in [9.17, 15) is 4.79 Å². The minimum absolute atomic E-state index is 0.490. The van der Waals surface area contributed by atoms with E-state index < -0.39 is 0 Å². The van der Waals surface area contributed by atoms with Crippen molar-refractivity contribution in [2.45, 2.75) is 0 Å². The molecule has 0 atom stereocenters. The molecule has 1 radical (unpaired) electrons. The average Bonchev–Trinajstić information content (AvgIpc) is 2.18. The van der Waals surface area contributed by atoms with E-state index in [0.717, 1.165) is 10.8 Å². The standard InChI is InChI=1S/C11H6ClO/c12-11-6-8(7-13)5-9-3-1-2-4-10(9)11/h1-6H. The summed E-state index contributed by atoms with van der Waals surface area (Å²) in [6, 6.07) is 11.1. The third kappa shape index (κ3) is 1.43. The maximum absolute atomic E-state index is 10.4. The first-order chi connectivity index (χ1) is 6.31. The zero-order valence-corrected chi connectivity index (χ0v) is 7.51. The molecule has 0 unspecified atom stereocenters. The fourth-order valence-electron chi connectivity index (χ4n) is 1.32. The second-order valence-corrected chi connectivity index (χ2v) is 3.19. The average molecular weight is 190 g/mol. The molecule has 0 aromatic heterocycles. The molecule has 0 fully saturated rings. The monoisotopic (exact) mass is 189 g/mol. The number of carbonyl (C=O) groups excluding carboxylic acids is 1. The van der Waals surface area contributed by atoms with Crippen molar-refractivity contribution in [1.29, 1.82) is 0 Å². The van der Waals surface area contributed by atoms with Gasteiger partial charge in [-0.3, -0.25) is 4.79 Å². The molecular weight excluding hydrogens is 184 g/mol. The predicted molar refractivity (Wildman–Crippen MR) is 53.8 cm³/mol. The summed E-state index contributed by atoms with van der Waals surface area (Å²) in [5.41, 5.74) is 0.490. The van der Waals surface area contributed by atoms with Gasteiger partial charge in [0.2, 0.25) is 6.29 Å². The van der Waals surface area contributed by atoms with Crippen LogP contribution in [-0.4, -0.2) is 6.29 Å². The molecule has 0 spiro atoms. The number of hydrogen-bond acceptors (Lipinski definition) is 1. The van der Waals surface area contributed by atoms with Gasteiger partial charge in [-0.15, -0.1) is 0 Å². The summed E-state index contributed by atoms with van der Waals surface area (Å²) in [5.74, 6) is 0. The van der Waals surface area contributed by atoms with Crippen molar-refractivity contribution in [2.75, 3.05) is 0 Å². The first kappa shape index (κ1) is 8.27. The topological polar surface area (TPSA) is 17.1 Å². The van der Waals surface area contributed by atoms with Crippen LogP contribution < -0.4 is 0 Å². The van der Waals surface area contributed by atoms with Gasteiger partial charge >= 0.3 is 0 Å². The molecule has 1 nitrogen and oxygen atoms in total. The van der Waals surface area contributed by atoms with Gasteiger partial charge in [0.1, 0.15) is 0 Å². The summed E-state index contributed by atoms with van der Waals surface area (Å²) in [5, 5.41) is 2.52. The molecule has 0 aliphatic heterocycles. The summed E-state index contributed by atoms with van der Waals surface area (Å²) in [4.78, 5) is 10.4. The van der Waals surface area contributed by atoms with Crippen LogP contribution in [0.5, 0.6) is 0 Å². The molecule has 2 aromatic carbocycles. The molecule has 0 bridgehead atoms. The normalized spacial score (nSPS) is 10.2. The Balaban J connectivity index is 2.84. The minimum Gasteiger partial charge on any atom is -0.285 e. The highest BCUT2D eigenvalue weighted by molar-refractivity contribution is 6.35. The number of rotatable bonds is 1. The lowest BCUT2D eigenvalue weighted by Gasteiger charge is -2.00. The number of hydrogen-bond donors (Lipinski definition) is 0. The van der Waals surface area contributed by atoms with Crippen molar-refractivity contribution in [3.8, 4) is 0 Å². The largest absolute Gasteiger partial charge is 0.285 e. The minimum atomic E-state index is 0.490. The molecule has 0 aliphatic carbocycles. The fraction of sp³-hybridized carbons (Fsp3) is 0. The number of halogens is 1. The Kier molecular flexibility index (Phi) is 2.03. The Morgan fingerprint density at radius 3 is 2.69 bits per heavy atom. The molecule has 2 rings (SSSR count). The smallest absolute Gasteiger partial charge is 0.233 e. The van der Waals surface area contributed by atoms with Gasteiger partial charge in [0, 0.05) is 16.0 Å². The van der Waals surface area contributed by atoms with Crippen LogP contribution in [0.1, 0.15) is 5.56 Å². The molecule has 2 aromatic rings. The van der Waals surface area contributed by atoms with Gasteiger partial charge < -0.3 is 0 Å². The van der Waals surface area contributed by atoms with Crippen LogP contribution >= 0.6 is 11.6 Å². The zero-order chi connectivity index (χ0) is 9.26. The lowest BCUT2D eigenvalue weighted by molar-refractivity contribution is 0.563. The molecule has 0 saturated carbocycles. The number of fused-ring (bicyclic) bond motifs is 1. The summed E-state index contributed by atoms with van der Waals surface area (Å²) in [6.07, 6.45) is 1.83. The lowest BCUT2D eigenvalue weighted by atomic mass is 10.1. The molecule has 0 saturated heterocycles. The second-order valence-electron chi connectivity index (χ2n) is 2.78. The van der Waals surface area contributed by atoms with E-state index in [1.165, 1.54) is 0 Å². The summed E-state index contributed by atoms with van der Waals surface area (Å²) in [6.45, 7) is 0. The van der Waals surface area contributed by atoms with Crippen LogP contribution in [0.25, 0.3) is 10.8 Å². The quantitative estimate of drug-likeness (QED) is 0.674. The predicted octanol–water partition coefficient (Wildman–Crippen LogP) is 2.95. The highest BCUT2D eigenvalue weighted by atomic mass is 35.5. The van der Waals surface area contributed by atoms with E-state index in [2.05, 4.69) is 0 Å². The SMILES string of the molecule is O=[C]c1cc(Cl)c2ccccc2c1. The maximum Gasteiger partial charge on any atom is 0.233 e. The van der Waals surface area contributed by atoms with E-state index >= 15 is 0 Å². The molecule has 2 heteroatoms. The van der Waals surface area contributed by atoms with Crippen LogP contribution in [0.15, 0.2) is 36.4 Å². The maximum atomic E-state index is 10.4. The summed E-state index contributed by atoms with van der Waals surface area (Å²) >= 11 is 5.96. The first-order valence-corrected chi connectivity index (χ1v) is 4.25. The van der Waals surface area contributed by atoms with Gasteiger partial charge in [-0.05, 0) is 17.5 Å². The van der Waals surface area contributed by atoms with E-state index in [1.54, 1.807) is 12.1 Å². The van der Waals surface area contributed by atoms with E-state index in [1.807, 2.05) is 30.6 Å². The van der Waals surface area contributed by atoms with Crippen molar-refractivity contribution in [3.63, 3.8) is 0 Å². The van der Waals surface area contributed by atoms with E-state index in [0.29, 0.717) is 10.6 Å². The second kappa shape index (κ2) is 3.19. The molecule has 63 valence electrons. The third-order valence-corrected chi connectivity index (χ3v) is 2.24. The van der Waals surface area contributed by atoms with Crippen molar-refractivity contribution in [3.05, 3.63) is 47.0 Å². The molecule has 0 heterocycles. The van der Waals surface area contributed by atoms with Gasteiger partial charge in [0.25, 0.3) is 0 Å². The van der Waals surface area contributed by atoms with Crippen molar-refractivity contribution >= 4 is 28.7 Å². The van der Waals surface area contributed by atoms with Gasteiger partial charge in [-0.25, -0.2) is 0 Å². The Bertz CT molecular complexity index is 463. The molecule has 0 amide bonds. The van der Waals surface area contributed by atoms with E-state index in [-0.39, 0.29) is 0 Å². The van der Waals surface area contributed by atoms with Crippen LogP contribution in [0.4, 0.5) is 0 Å². The number of benzene rings is 2. The fourth-order valence-corrected chi connectivity index (χ4v) is 1.61. The van der Waals surface area contributed by atoms with Crippen molar-refractivity contribution < 1.29 is 4.79 Å². The van der Waals surface area contributed by atoms with Crippen LogP contribution in [0, 0.1) is 0 Å². The van der Waals surface area contributed by atoms with Crippen molar-refractivity contribution in [1.82, 2.24) is 0 Å². The van der Waals surface area contributed by atoms with Crippen LogP contribution in [-0.2, 0) is 4.79 Å². The Hall–Kier alpha value is -1.34. The zero-order valence-electron chi connectivity index (χ0n) is 6.75. The summed E-state index contributed by atoms with van der Waals surface area (Å²) < 4.78 is 0. The molecular formula is C11H6ClO. The molecule has 13 heavy (non-hydrogen) atoms. The summed E-state index contributed by atoms with van der Waals surface area (Å²) in [7, 11) is 0. The van der Waals surface area contributed by atoms with Crippen LogP contribution in [0.2, 0.25) is 5.02 Å². The van der Waals surface area contributed by atoms with Crippen LogP contribution in [0.3, 0.4) is 0 Å². The van der Waals surface area contributed by atoms with Gasteiger partial charge in [0.05, 0.1) is 0 Å². The van der Waals surface area contributed by atoms with Crippen molar-refractivity contribution in [2.24, 2.45) is 0 Å². The van der Waals surface area contributed by atoms with Gasteiger partial charge in [-0.2, -0.15) is 0 Å². The molecule has 0 N–H and O–H groups in total. The lowest BCUT2D eigenvalue weighted by Crippen LogP contribution is -1.81. The highest BCUT2D eigenvalue weighted by Gasteiger charge is 2.00. The van der Waals surface area contributed by atoms with Gasteiger partial charge in [-0.1, -0.05) is 35.9 Å². The molecule has 0 aliphatic rings. The Morgan fingerprint density at radius 2 is 1.92 bits per heavy atom.